The summed E-state index contributed by atoms with van der Waals surface area (Å²) >= 11 is 0. The fourth-order valence-electron chi connectivity index (χ4n) is 2.86. The summed E-state index contributed by atoms with van der Waals surface area (Å²) in [6.07, 6.45) is 2.15. The maximum absolute atomic E-state index is 12.8. The van der Waals surface area contributed by atoms with Crippen LogP contribution in [0.1, 0.15) is 54.4 Å². The van der Waals surface area contributed by atoms with Gasteiger partial charge in [-0.3, -0.25) is 9.59 Å². The van der Waals surface area contributed by atoms with Crippen molar-refractivity contribution in [1.82, 2.24) is 4.90 Å². The molecule has 0 spiro atoms. The molecule has 1 fully saturated rings. The highest BCUT2D eigenvalue weighted by molar-refractivity contribution is 5.98. The number of piperidine rings is 1. The van der Waals surface area contributed by atoms with Crippen LogP contribution in [-0.4, -0.2) is 36.0 Å². The molecule has 4 nitrogen and oxygen atoms in total. The summed E-state index contributed by atoms with van der Waals surface area (Å²) in [5.74, 6) is -0.698. The molecule has 0 aromatic rings. The molecular weight excluding hydrogens is 254 g/mol. The normalized spacial score (nSPS) is 25.2. The lowest BCUT2D eigenvalue weighted by molar-refractivity contribution is -0.162. The van der Waals surface area contributed by atoms with Gasteiger partial charge in [0.1, 0.15) is 5.92 Å². The number of nitrogens with zero attached hydrogens (tertiary/aromatic N) is 1. The first-order valence-electron chi connectivity index (χ1n) is 7.67. The second kappa shape index (κ2) is 6.59. The maximum atomic E-state index is 12.8. The van der Waals surface area contributed by atoms with Crippen LogP contribution in [0.4, 0.5) is 0 Å². The molecule has 20 heavy (non-hydrogen) atoms. The van der Waals surface area contributed by atoms with Gasteiger partial charge in [-0.1, -0.05) is 27.7 Å². The van der Waals surface area contributed by atoms with Gasteiger partial charge >= 0.3 is 5.97 Å². The predicted molar refractivity (Wildman–Crippen MR) is 79.2 cm³/mol. The van der Waals surface area contributed by atoms with Crippen molar-refractivity contribution in [2.24, 2.45) is 17.3 Å². The van der Waals surface area contributed by atoms with Crippen LogP contribution in [0.3, 0.4) is 0 Å². The monoisotopic (exact) mass is 283 g/mol. The molecular formula is C16H29NO3. The minimum atomic E-state index is -0.713. The van der Waals surface area contributed by atoms with Crippen molar-refractivity contribution >= 4 is 11.9 Å². The molecule has 1 heterocycles. The second-order valence-corrected chi connectivity index (χ2v) is 6.94. The van der Waals surface area contributed by atoms with E-state index in [9.17, 15) is 9.59 Å². The van der Waals surface area contributed by atoms with Crippen LogP contribution in [0.5, 0.6) is 0 Å². The van der Waals surface area contributed by atoms with Crippen molar-refractivity contribution in [3.05, 3.63) is 0 Å². The molecule has 116 valence electrons. The third-order valence-electron chi connectivity index (χ3n) is 4.29. The fraction of sp³-hybridized carbons (Fsp3) is 0.875. The predicted octanol–water partition coefficient (Wildman–Crippen LogP) is 2.86. The van der Waals surface area contributed by atoms with Gasteiger partial charge in [-0.2, -0.15) is 0 Å². The molecule has 1 amide bonds. The number of hydrogen-bond acceptors (Lipinski definition) is 3. The number of hydrogen-bond donors (Lipinski definition) is 0. The van der Waals surface area contributed by atoms with Gasteiger partial charge in [0.05, 0.1) is 6.61 Å². The maximum Gasteiger partial charge on any atom is 0.319 e. The van der Waals surface area contributed by atoms with E-state index in [4.69, 9.17) is 4.74 Å². The molecule has 0 aromatic heterocycles. The second-order valence-electron chi connectivity index (χ2n) is 6.94. The summed E-state index contributed by atoms with van der Waals surface area (Å²) < 4.78 is 5.12. The Kier molecular flexibility index (Phi) is 5.60. The molecule has 0 aliphatic carbocycles. The number of ether oxygens (including phenoxy) is 1. The van der Waals surface area contributed by atoms with E-state index in [1.165, 1.54) is 0 Å². The number of likely N-dealkylation sites (tertiary alicyclic amines) is 1. The van der Waals surface area contributed by atoms with Gasteiger partial charge in [0.15, 0.2) is 0 Å². The van der Waals surface area contributed by atoms with E-state index in [-0.39, 0.29) is 11.9 Å². The average Bonchev–Trinajstić information content (AvgIpc) is 2.31. The van der Waals surface area contributed by atoms with Gasteiger partial charge in [0, 0.05) is 12.6 Å². The molecule has 0 aromatic carbocycles. The summed E-state index contributed by atoms with van der Waals surface area (Å²) in [4.78, 5) is 26.9. The van der Waals surface area contributed by atoms with Gasteiger partial charge in [-0.15, -0.1) is 0 Å². The number of carbonyl (C=O) groups is 2. The number of rotatable bonds is 3. The summed E-state index contributed by atoms with van der Waals surface area (Å²) in [6, 6.07) is 0.190. The van der Waals surface area contributed by atoms with E-state index in [1.54, 1.807) is 6.92 Å². The molecule has 0 N–H and O–H groups in total. The van der Waals surface area contributed by atoms with Crippen LogP contribution < -0.4 is 0 Å². The average molecular weight is 283 g/mol. The Morgan fingerprint density at radius 1 is 1.30 bits per heavy atom. The summed E-state index contributed by atoms with van der Waals surface area (Å²) in [5.41, 5.74) is -0.427. The highest BCUT2D eigenvalue weighted by Gasteiger charge is 2.43. The Labute approximate surface area is 122 Å². The quantitative estimate of drug-likeness (QED) is 0.591. The lowest BCUT2D eigenvalue weighted by atomic mass is 9.78. The zero-order valence-electron chi connectivity index (χ0n) is 13.7. The molecule has 3 unspecified atom stereocenters. The largest absolute Gasteiger partial charge is 0.465 e. The molecule has 0 radical (unpaired) electrons. The molecule has 1 aliphatic rings. The Bertz CT molecular complexity index is 359. The highest BCUT2D eigenvalue weighted by atomic mass is 16.5. The third-order valence-corrected chi connectivity index (χ3v) is 4.29. The van der Waals surface area contributed by atoms with Gasteiger partial charge in [0.2, 0.25) is 5.91 Å². The molecule has 3 atom stereocenters. The van der Waals surface area contributed by atoms with Crippen LogP contribution in [0, 0.1) is 17.3 Å². The van der Waals surface area contributed by atoms with Crippen molar-refractivity contribution < 1.29 is 14.3 Å². The number of amides is 1. The van der Waals surface area contributed by atoms with Gasteiger partial charge in [-0.25, -0.2) is 0 Å². The highest BCUT2D eigenvalue weighted by Crippen LogP contribution is 2.32. The van der Waals surface area contributed by atoms with Crippen molar-refractivity contribution in [2.75, 3.05) is 13.2 Å². The van der Waals surface area contributed by atoms with E-state index in [0.29, 0.717) is 12.5 Å². The van der Waals surface area contributed by atoms with E-state index < -0.39 is 17.3 Å². The van der Waals surface area contributed by atoms with Crippen molar-refractivity contribution in [1.29, 1.82) is 0 Å². The zero-order valence-corrected chi connectivity index (χ0v) is 13.7. The van der Waals surface area contributed by atoms with Crippen LogP contribution in [0.2, 0.25) is 0 Å². The van der Waals surface area contributed by atoms with Crippen molar-refractivity contribution in [3.8, 4) is 0 Å². The molecule has 0 saturated carbocycles. The third kappa shape index (κ3) is 3.74. The zero-order chi connectivity index (χ0) is 15.5. The fourth-order valence-corrected chi connectivity index (χ4v) is 2.86. The summed E-state index contributed by atoms with van der Waals surface area (Å²) in [6.45, 7) is 12.8. The Morgan fingerprint density at radius 3 is 2.40 bits per heavy atom. The molecule has 1 rings (SSSR count). The number of carbonyl (C=O) groups excluding carboxylic acids is 2. The van der Waals surface area contributed by atoms with E-state index in [1.807, 2.05) is 25.7 Å². The molecule has 0 bridgehead atoms. The SMILES string of the molecule is CCOC(=O)C(C(=O)N1CCCC(C)C1C)C(C)(C)C. The first-order chi connectivity index (χ1) is 9.20. The molecule has 1 aliphatic heterocycles. The van der Waals surface area contributed by atoms with Gasteiger partial charge < -0.3 is 9.64 Å². The van der Waals surface area contributed by atoms with E-state index in [0.717, 1.165) is 19.4 Å². The van der Waals surface area contributed by atoms with E-state index in [2.05, 4.69) is 13.8 Å². The topological polar surface area (TPSA) is 46.6 Å². The Morgan fingerprint density at radius 2 is 1.90 bits per heavy atom. The molecule has 4 heteroatoms. The summed E-state index contributed by atoms with van der Waals surface area (Å²) in [7, 11) is 0. The van der Waals surface area contributed by atoms with Gasteiger partial charge in [0.25, 0.3) is 0 Å². The number of esters is 1. The standard InChI is InChI=1S/C16H29NO3/c1-7-20-15(19)13(16(4,5)6)14(18)17-10-8-9-11(2)12(17)3/h11-13H,7-10H2,1-6H3. The molecule has 1 saturated heterocycles. The van der Waals surface area contributed by atoms with Crippen molar-refractivity contribution in [3.63, 3.8) is 0 Å². The first kappa shape index (κ1) is 17.0. The Balaban J connectivity index is 2.96. The van der Waals surface area contributed by atoms with Crippen LogP contribution in [-0.2, 0) is 14.3 Å². The van der Waals surface area contributed by atoms with Crippen molar-refractivity contribution in [2.45, 2.75) is 60.4 Å². The minimum Gasteiger partial charge on any atom is -0.465 e. The Hall–Kier alpha value is -1.06. The van der Waals surface area contributed by atoms with E-state index >= 15 is 0 Å². The van der Waals surface area contributed by atoms with Crippen LogP contribution in [0.25, 0.3) is 0 Å². The smallest absolute Gasteiger partial charge is 0.319 e. The first-order valence-corrected chi connectivity index (χ1v) is 7.67. The minimum absolute atomic E-state index is 0.0741. The van der Waals surface area contributed by atoms with Gasteiger partial charge in [-0.05, 0) is 38.0 Å². The van der Waals surface area contributed by atoms with Crippen LogP contribution >= 0.6 is 0 Å². The van der Waals surface area contributed by atoms with Crippen LogP contribution in [0.15, 0.2) is 0 Å². The lowest BCUT2D eigenvalue weighted by Crippen LogP contribution is -2.52. The summed E-state index contributed by atoms with van der Waals surface area (Å²) in [5, 5.41) is 0. The lowest BCUT2D eigenvalue weighted by Gasteiger charge is -2.41.